The van der Waals surface area contributed by atoms with E-state index in [-0.39, 0.29) is 22.9 Å². The van der Waals surface area contributed by atoms with Crippen LogP contribution in [0.25, 0.3) is 0 Å². The van der Waals surface area contributed by atoms with Crippen LogP contribution in [0.2, 0.25) is 0 Å². The number of hydrogen-bond donors (Lipinski definition) is 1. The molecule has 0 aromatic carbocycles. The number of ketones is 2. The molecule has 0 radical (unpaired) electrons. The molecule has 0 fully saturated rings. The number of carbonyl (C=O) groups excluding carboxylic acids is 3. The van der Waals surface area contributed by atoms with Gasteiger partial charge in [-0.25, -0.2) is 0 Å². The maximum atomic E-state index is 12.0. The summed E-state index contributed by atoms with van der Waals surface area (Å²) in [5.74, 6) is 0.273. The van der Waals surface area contributed by atoms with Gasteiger partial charge in [-0.2, -0.15) is 0 Å². The molecule has 0 spiro atoms. The van der Waals surface area contributed by atoms with Gasteiger partial charge in [-0.15, -0.1) is 11.8 Å². The van der Waals surface area contributed by atoms with Gasteiger partial charge in [0.25, 0.3) is 0 Å². The minimum atomic E-state index is -0.310. The first-order valence-electron chi connectivity index (χ1n) is 6.29. The van der Waals surface area contributed by atoms with Crippen molar-refractivity contribution in [1.29, 1.82) is 0 Å². The second kappa shape index (κ2) is 7.04. The Morgan fingerprint density at radius 2 is 2.15 bits per heavy atom. The Hall–Kier alpha value is -1.89. The summed E-state index contributed by atoms with van der Waals surface area (Å²) in [6.07, 6.45) is 6.06. The van der Waals surface area contributed by atoms with E-state index in [1.54, 1.807) is 0 Å². The van der Waals surface area contributed by atoms with Gasteiger partial charge in [0.05, 0.1) is 16.7 Å². The lowest BCUT2D eigenvalue weighted by Gasteiger charge is -2.09. The number of carbonyl (C=O) groups is 3. The molecule has 0 saturated carbocycles. The number of fused-ring (bicyclic) bond motifs is 1. The average molecular weight is 294 g/mol. The molecule has 106 valence electrons. The number of Topliss-reactive ketones (excluding diaryl/α,β-unsaturated/α-hetero) is 1. The molecule has 0 saturated heterocycles. The van der Waals surface area contributed by atoms with E-state index in [4.69, 9.17) is 4.52 Å². The number of aromatic nitrogens is 1. The van der Waals surface area contributed by atoms with Crippen molar-refractivity contribution in [3.63, 3.8) is 0 Å². The van der Waals surface area contributed by atoms with E-state index >= 15 is 0 Å². The van der Waals surface area contributed by atoms with Crippen molar-refractivity contribution in [3.8, 4) is 0 Å². The zero-order chi connectivity index (χ0) is 14.4. The number of amides is 1. The Morgan fingerprint density at radius 3 is 2.95 bits per heavy atom. The summed E-state index contributed by atoms with van der Waals surface area (Å²) in [6, 6.07) is 0. The van der Waals surface area contributed by atoms with Gasteiger partial charge >= 0.3 is 0 Å². The third-order valence-electron chi connectivity index (χ3n) is 2.83. The smallest absolute Gasteiger partial charge is 0.225 e. The van der Waals surface area contributed by atoms with E-state index in [9.17, 15) is 14.4 Å². The van der Waals surface area contributed by atoms with E-state index in [1.807, 2.05) is 0 Å². The summed E-state index contributed by atoms with van der Waals surface area (Å²) in [7, 11) is 0. The maximum Gasteiger partial charge on any atom is 0.225 e. The van der Waals surface area contributed by atoms with Crippen LogP contribution in [0, 0.1) is 0 Å². The minimum Gasteiger partial charge on any atom is -0.359 e. The van der Waals surface area contributed by atoms with Crippen molar-refractivity contribution in [2.75, 3.05) is 12.3 Å². The number of allylic oxidation sites excluding steroid dienone is 2. The SMILES string of the molecule is O=CNCCCCCSC1=CC(=O)c2oncc2C1=O. The first-order valence-corrected chi connectivity index (χ1v) is 7.28. The van der Waals surface area contributed by atoms with Crippen LogP contribution in [0.3, 0.4) is 0 Å². The molecule has 7 heteroatoms. The van der Waals surface area contributed by atoms with Crippen molar-refractivity contribution >= 4 is 29.7 Å². The molecule has 20 heavy (non-hydrogen) atoms. The van der Waals surface area contributed by atoms with Crippen LogP contribution in [0.15, 0.2) is 21.7 Å². The molecule has 0 atom stereocenters. The highest BCUT2D eigenvalue weighted by atomic mass is 32.2. The Kier molecular flexibility index (Phi) is 5.11. The van der Waals surface area contributed by atoms with Crippen molar-refractivity contribution in [2.45, 2.75) is 19.3 Å². The molecule has 0 unspecified atom stereocenters. The lowest BCUT2D eigenvalue weighted by molar-refractivity contribution is -0.109. The quantitative estimate of drug-likeness (QED) is 0.578. The van der Waals surface area contributed by atoms with Crippen LogP contribution in [-0.4, -0.2) is 35.4 Å². The van der Waals surface area contributed by atoms with Crippen LogP contribution < -0.4 is 5.32 Å². The number of hydrogen-bond acceptors (Lipinski definition) is 6. The van der Waals surface area contributed by atoms with E-state index in [2.05, 4.69) is 10.5 Å². The predicted octanol–water partition coefficient (Wildman–Crippen LogP) is 1.59. The normalized spacial score (nSPS) is 13.9. The van der Waals surface area contributed by atoms with Crippen LogP contribution in [-0.2, 0) is 4.79 Å². The molecular weight excluding hydrogens is 280 g/mol. The topological polar surface area (TPSA) is 89.3 Å². The highest BCUT2D eigenvalue weighted by molar-refractivity contribution is 8.04. The van der Waals surface area contributed by atoms with E-state index in [0.717, 1.165) is 25.0 Å². The fourth-order valence-corrected chi connectivity index (χ4v) is 2.82. The van der Waals surface area contributed by atoms with Gasteiger partial charge in [0.15, 0.2) is 0 Å². The number of rotatable bonds is 8. The van der Waals surface area contributed by atoms with E-state index in [0.29, 0.717) is 17.9 Å². The van der Waals surface area contributed by atoms with E-state index < -0.39 is 0 Å². The van der Waals surface area contributed by atoms with Gasteiger partial charge in [0.1, 0.15) is 0 Å². The Labute approximate surface area is 120 Å². The number of thioether (sulfide) groups is 1. The molecule has 1 aliphatic carbocycles. The van der Waals surface area contributed by atoms with Crippen molar-refractivity contribution in [2.24, 2.45) is 0 Å². The molecule has 1 aromatic rings. The highest BCUT2D eigenvalue weighted by Gasteiger charge is 2.29. The summed E-state index contributed by atoms with van der Waals surface area (Å²) < 4.78 is 4.76. The molecule has 1 amide bonds. The minimum absolute atomic E-state index is 0.0271. The first kappa shape index (κ1) is 14.5. The van der Waals surface area contributed by atoms with Crippen LogP contribution >= 0.6 is 11.8 Å². The first-order chi connectivity index (χ1) is 9.74. The largest absolute Gasteiger partial charge is 0.359 e. The van der Waals surface area contributed by atoms with Gasteiger partial charge < -0.3 is 9.84 Å². The molecule has 1 aliphatic rings. The third-order valence-corrected chi connectivity index (χ3v) is 3.94. The zero-order valence-electron chi connectivity index (χ0n) is 10.8. The summed E-state index contributed by atoms with van der Waals surface area (Å²) in [5, 5.41) is 6.08. The highest BCUT2D eigenvalue weighted by Crippen LogP contribution is 2.28. The Balaban J connectivity index is 1.78. The Bertz CT molecular complexity index is 550. The standard InChI is InChI=1S/C13H14N2O4S/c16-8-14-4-2-1-3-5-20-11-6-10(17)13-9(12(11)18)7-15-19-13/h6-8H,1-5H2,(H,14,16). The second-order valence-electron chi connectivity index (χ2n) is 4.25. The summed E-state index contributed by atoms with van der Waals surface area (Å²) in [4.78, 5) is 34.2. The van der Waals surface area contributed by atoms with E-state index in [1.165, 1.54) is 24.0 Å². The summed E-state index contributed by atoms with van der Waals surface area (Å²) >= 11 is 1.37. The van der Waals surface area contributed by atoms with Crippen LogP contribution in [0.1, 0.15) is 40.2 Å². The molecule has 0 aliphatic heterocycles. The molecular formula is C13H14N2O4S. The number of nitrogens with zero attached hydrogens (tertiary/aromatic N) is 1. The lowest BCUT2D eigenvalue weighted by atomic mass is 10.0. The zero-order valence-corrected chi connectivity index (χ0v) is 11.6. The summed E-state index contributed by atoms with van der Waals surface area (Å²) in [5.41, 5.74) is 0.246. The molecule has 1 heterocycles. The van der Waals surface area contributed by atoms with Crippen molar-refractivity contribution < 1.29 is 18.9 Å². The molecule has 1 N–H and O–H groups in total. The van der Waals surface area contributed by atoms with Gasteiger partial charge in [-0.05, 0) is 18.6 Å². The second-order valence-corrected chi connectivity index (χ2v) is 5.39. The van der Waals surface area contributed by atoms with Gasteiger partial charge in [-0.1, -0.05) is 11.6 Å². The van der Waals surface area contributed by atoms with Gasteiger partial charge in [-0.3, -0.25) is 14.4 Å². The molecule has 1 aromatic heterocycles. The van der Waals surface area contributed by atoms with Gasteiger partial charge in [0, 0.05) is 12.6 Å². The predicted molar refractivity (Wildman–Crippen MR) is 73.6 cm³/mol. The van der Waals surface area contributed by atoms with Crippen LogP contribution in [0.5, 0.6) is 0 Å². The van der Waals surface area contributed by atoms with Gasteiger partial charge in [0.2, 0.25) is 23.7 Å². The monoisotopic (exact) mass is 294 g/mol. The van der Waals surface area contributed by atoms with Crippen molar-refractivity contribution in [1.82, 2.24) is 10.5 Å². The number of nitrogens with one attached hydrogen (secondary N) is 1. The fourth-order valence-electron chi connectivity index (χ4n) is 1.82. The maximum absolute atomic E-state index is 12.0. The Morgan fingerprint density at radius 1 is 1.30 bits per heavy atom. The fraction of sp³-hybridized carbons (Fsp3) is 0.385. The summed E-state index contributed by atoms with van der Waals surface area (Å²) in [6.45, 7) is 0.665. The van der Waals surface area contributed by atoms with Crippen molar-refractivity contribution in [3.05, 3.63) is 28.5 Å². The lowest BCUT2D eigenvalue weighted by Crippen LogP contribution is -2.13. The molecule has 2 rings (SSSR count). The van der Waals surface area contributed by atoms with Crippen LogP contribution in [0.4, 0.5) is 0 Å². The number of unbranched alkanes of at least 4 members (excludes halogenated alkanes) is 2. The molecule has 0 bridgehead atoms. The average Bonchev–Trinajstić information content (AvgIpc) is 2.93. The molecule has 6 nitrogen and oxygen atoms in total. The third kappa shape index (κ3) is 3.36.